The fraction of sp³-hybridized carbons (Fsp3) is 0.136. The van der Waals surface area contributed by atoms with E-state index in [1.165, 1.54) is 19.2 Å². The zero-order valence-electron chi connectivity index (χ0n) is 16.1. The zero-order chi connectivity index (χ0) is 21.0. The number of halogens is 1. The lowest BCUT2D eigenvalue weighted by molar-refractivity contribution is 0.0950. The van der Waals surface area contributed by atoms with Crippen LogP contribution in [0.15, 0.2) is 77.7 Å². The summed E-state index contributed by atoms with van der Waals surface area (Å²) in [5.41, 5.74) is 1.96. The van der Waals surface area contributed by atoms with Gasteiger partial charge in [0, 0.05) is 24.7 Å². The van der Waals surface area contributed by atoms with Crippen molar-refractivity contribution in [2.24, 2.45) is 0 Å². The Labute approximate surface area is 169 Å². The van der Waals surface area contributed by atoms with Crippen molar-refractivity contribution in [2.45, 2.75) is 18.4 Å². The minimum atomic E-state index is -3.76. The van der Waals surface area contributed by atoms with Crippen molar-refractivity contribution in [2.75, 3.05) is 11.4 Å². The summed E-state index contributed by atoms with van der Waals surface area (Å²) in [6.45, 7) is 1.91. The molecule has 0 atom stereocenters. The molecule has 0 heterocycles. The third-order valence-electron chi connectivity index (χ3n) is 4.55. The lowest BCUT2D eigenvalue weighted by Crippen LogP contribution is -2.27. The van der Waals surface area contributed by atoms with E-state index in [-0.39, 0.29) is 17.0 Å². The van der Waals surface area contributed by atoms with Crippen molar-refractivity contribution in [1.29, 1.82) is 0 Å². The number of nitrogens with zero attached hydrogens (tertiary/aromatic N) is 1. The van der Waals surface area contributed by atoms with E-state index >= 15 is 0 Å². The van der Waals surface area contributed by atoms with Gasteiger partial charge in [0.05, 0.1) is 10.6 Å². The molecule has 0 aromatic heterocycles. The highest BCUT2D eigenvalue weighted by Crippen LogP contribution is 2.23. The Balaban J connectivity index is 1.78. The summed E-state index contributed by atoms with van der Waals surface area (Å²) in [5, 5.41) is 2.65. The molecule has 7 heteroatoms. The summed E-state index contributed by atoms with van der Waals surface area (Å²) >= 11 is 0. The Morgan fingerprint density at radius 1 is 1.00 bits per heavy atom. The standard InChI is InChI=1S/C22H21FN2O3S/c1-16-10-12-20(13-11-16)29(27,28)25(2)19-8-5-7-17(14-19)22(26)24-15-18-6-3-4-9-21(18)23/h3-14H,15H2,1-2H3,(H,24,26). The van der Waals surface area contributed by atoms with Gasteiger partial charge >= 0.3 is 0 Å². The quantitative estimate of drug-likeness (QED) is 0.668. The molecular formula is C22H21FN2O3S. The van der Waals surface area contributed by atoms with E-state index in [1.807, 2.05) is 6.92 Å². The predicted octanol–water partition coefficient (Wildman–Crippen LogP) is 3.89. The van der Waals surface area contributed by atoms with E-state index in [1.54, 1.807) is 60.7 Å². The maximum atomic E-state index is 13.7. The monoisotopic (exact) mass is 412 g/mol. The van der Waals surface area contributed by atoms with Gasteiger partial charge in [-0.2, -0.15) is 0 Å². The van der Waals surface area contributed by atoms with Crippen molar-refractivity contribution >= 4 is 21.6 Å². The summed E-state index contributed by atoms with van der Waals surface area (Å²) in [6, 6.07) is 19.0. The number of nitrogens with one attached hydrogen (secondary N) is 1. The highest BCUT2D eigenvalue weighted by Gasteiger charge is 2.22. The molecule has 0 aliphatic rings. The molecule has 3 rings (SSSR count). The molecule has 0 saturated carbocycles. The third-order valence-corrected chi connectivity index (χ3v) is 6.35. The van der Waals surface area contributed by atoms with Gasteiger partial charge in [-0.25, -0.2) is 12.8 Å². The van der Waals surface area contributed by atoms with Gasteiger partial charge in [0.15, 0.2) is 0 Å². The van der Waals surface area contributed by atoms with Gasteiger partial charge in [-0.3, -0.25) is 9.10 Å². The maximum absolute atomic E-state index is 13.7. The van der Waals surface area contributed by atoms with Crippen LogP contribution in [0.2, 0.25) is 0 Å². The fourth-order valence-corrected chi connectivity index (χ4v) is 3.96. The Morgan fingerprint density at radius 2 is 1.69 bits per heavy atom. The van der Waals surface area contributed by atoms with E-state index in [0.717, 1.165) is 9.87 Å². The third kappa shape index (κ3) is 4.63. The van der Waals surface area contributed by atoms with Gasteiger partial charge in [-0.15, -0.1) is 0 Å². The Morgan fingerprint density at radius 3 is 2.38 bits per heavy atom. The van der Waals surface area contributed by atoms with Crippen LogP contribution in [-0.4, -0.2) is 21.4 Å². The number of anilines is 1. The van der Waals surface area contributed by atoms with Gasteiger partial charge in [-0.05, 0) is 43.3 Å². The summed E-state index contributed by atoms with van der Waals surface area (Å²) in [5.74, 6) is -0.818. The molecule has 0 spiro atoms. The van der Waals surface area contributed by atoms with Crippen LogP contribution in [0.3, 0.4) is 0 Å². The number of hydrogen-bond donors (Lipinski definition) is 1. The molecular weight excluding hydrogens is 391 g/mol. The molecule has 3 aromatic rings. The number of carbonyl (C=O) groups excluding carboxylic acids is 1. The molecule has 150 valence electrons. The predicted molar refractivity (Wildman–Crippen MR) is 111 cm³/mol. The van der Waals surface area contributed by atoms with Gasteiger partial charge in [0.1, 0.15) is 5.82 Å². The number of hydrogen-bond acceptors (Lipinski definition) is 3. The van der Waals surface area contributed by atoms with E-state index < -0.39 is 21.7 Å². The molecule has 0 saturated heterocycles. The number of amides is 1. The van der Waals surface area contributed by atoms with Crippen LogP contribution < -0.4 is 9.62 Å². The first kappa shape index (κ1) is 20.5. The van der Waals surface area contributed by atoms with Crippen molar-refractivity contribution in [1.82, 2.24) is 5.32 Å². The first-order valence-corrected chi connectivity index (χ1v) is 10.4. The second-order valence-electron chi connectivity index (χ2n) is 6.61. The molecule has 0 aliphatic carbocycles. The topological polar surface area (TPSA) is 66.5 Å². The van der Waals surface area contributed by atoms with Crippen LogP contribution in [0.25, 0.3) is 0 Å². The van der Waals surface area contributed by atoms with E-state index in [2.05, 4.69) is 5.32 Å². The molecule has 0 bridgehead atoms. The van der Waals surface area contributed by atoms with Crippen molar-refractivity contribution < 1.29 is 17.6 Å². The second kappa shape index (κ2) is 8.45. The van der Waals surface area contributed by atoms with Crippen LogP contribution in [0, 0.1) is 12.7 Å². The molecule has 0 unspecified atom stereocenters. The van der Waals surface area contributed by atoms with Crippen LogP contribution in [-0.2, 0) is 16.6 Å². The number of carbonyl (C=O) groups is 1. The molecule has 0 aliphatic heterocycles. The summed E-state index contributed by atoms with van der Waals surface area (Å²) in [6.07, 6.45) is 0. The first-order chi connectivity index (χ1) is 13.8. The highest BCUT2D eigenvalue weighted by molar-refractivity contribution is 7.92. The highest BCUT2D eigenvalue weighted by atomic mass is 32.2. The van der Waals surface area contributed by atoms with Gasteiger partial charge in [-0.1, -0.05) is 42.0 Å². The van der Waals surface area contributed by atoms with E-state index in [9.17, 15) is 17.6 Å². The van der Waals surface area contributed by atoms with Crippen LogP contribution >= 0.6 is 0 Å². The van der Waals surface area contributed by atoms with Gasteiger partial charge in [0.2, 0.25) is 0 Å². The first-order valence-electron chi connectivity index (χ1n) is 8.96. The smallest absolute Gasteiger partial charge is 0.264 e. The molecule has 1 amide bonds. The van der Waals surface area contributed by atoms with Crippen LogP contribution in [0.1, 0.15) is 21.5 Å². The van der Waals surface area contributed by atoms with Crippen molar-refractivity contribution in [3.05, 3.63) is 95.3 Å². The summed E-state index contributed by atoms with van der Waals surface area (Å²) in [7, 11) is -2.32. The molecule has 29 heavy (non-hydrogen) atoms. The Bertz CT molecular complexity index is 1130. The maximum Gasteiger partial charge on any atom is 0.264 e. The average Bonchev–Trinajstić information content (AvgIpc) is 2.72. The SMILES string of the molecule is Cc1ccc(S(=O)(=O)N(C)c2cccc(C(=O)NCc3ccccc3F)c2)cc1. The molecule has 5 nitrogen and oxygen atoms in total. The molecule has 1 N–H and O–H groups in total. The minimum absolute atomic E-state index is 0.0350. The molecule has 0 radical (unpaired) electrons. The Kier molecular flexibility index (Phi) is 5.98. The molecule has 3 aromatic carbocycles. The number of rotatable bonds is 6. The summed E-state index contributed by atoms with van der Waals surface area (Å²) in [4.78, 5) is 12.6. The van der Waals surface area contributed by atoms with Crippen LogP contribution in [0.4, 0.5) is 10.1 Å². The van der Waals surface area contributed by atoms with Crippen molar-refractivity contribution in [3.8, 4) is 0 Å². The number of sulfonamides is 1. The van der Waals surface area contributed by atoms with E-state index in [0.29, 0.717) is 11.3 Å². The van der Waals surface area contributed by atoms with Gasteiger partial charge < -0.3 is 5.32 Å². The largest absolute Gasteiger partial charge is 0.348 e. The zero-order valence-corrected chi connectivity index (χ0v) is 16.9. The Hall–Kier alpha value is -3.19. The lowest BCUT2D eigenvalue weighted by atomic mass is 10.1. The summed E-state index contributed by atoms with van der Waals surface area (Å²) < 4.78 is 40.5. The van der Waals surface area contributed by atoms with E-state index in [4.69, 9.17) is 0 Å². The van der Waals surface area contributed by atoms with Gasteiger partial charge in [0.25, 0.3) is 15.9 Å². The average molecular weight is 412 g/mol. The minimum Gasteiger partial charge on any atom is -0.348 e. The number of aryl methyl sites for hydroxylation is 1. The van der Waals surface area contributed by atoms with Crippen LogP contribution in [0.5, 0.6) is 0 Å². The normalized spacial score (nSPS) is 11.1. The second-order valence-corrected chi connectivity index (χ2v) is 8.58. The lowest BCUT2D eigenvalue weighted by Gasteiger charge is -2.20. The molecule has 0 fully saturated rings. The number of benzene rings is 3. The van der Waals surface area contributed by atoms with Crippen molar-refractivity contribution in [3.63, 3.8) is 0 Å². The fourth-order valence-electron chi connectivity index (χ4n) is 2.77.